The van der Waals surface area contributed by atoms with Crippen molar-refractivity contribution in [3.8, 4) is 11.5 Å². The molecule has 10 heteroatoms. The minimum absolute atomic E-state index is 0.0389. The third-order valence-corrected chi connectivity index (χ3v) is 5.53. The van der Waals surface area contributed by atoms with Crippen LogP contribution in [-0.2, 0) is 9.53 Å². The zero-order valence-corrected chi connectivity index (χ0v) is 17.9. The van der Waals surface area contributed by atoms with Crippen LogP contribution in [0.3, 0.4) is 0 Å². The first-order valence-corrected chi connectivity index (χ1v) is 11.5. The Labute approximate surface area is 175 Å². The van der Waals surface area contributed by atoms with E-state index >= 15 is 0 Å². The van der Waals surface area contributed by atoms with E-state index in [1.165, 1.54) is 24.3 Å². The van der Waals surface area contributed by atoms with Crippen molar-refractivity contribution in [3.05, 3.63) is 64.7 Å². The van der Waals surface area contributed by atoms with Gasteiger partial charge in [-0.05, 0) is 49.6 Å². The van der Waals surface area contributed by atoms with Crippen molar-refractivity contribution in [2.75, 3.05) is 18.6 Å². The van der Waals surface area contributed by atoms with Crippen molar-refractivity contribution in [1.29, 1.82) is 0 Å². The van der Waals surface area contributed by atoms with Gasteiger partial charge in [-0.15, -0.1) is 0 Å². The number of carbonyl (C=O) groups excluding carboxylic acids is 1. The van der Waals surface area contributed by atoms with Gasteiger partial charge < -0.3 is 13.8 Å². The van der Waals surface area contributed by atoms with Crippen LogP contribution in [0.1, 0.15) is 13.3 Å². The average Bonchev–Trinajstić information content (AvgIpc) is 2.72. The van der Waals surface area contributed by atoms with Crippen molar-refractivity contribution in [3.63, 3.8) is 0 Å². The van der Waals surface area contributed by atoms with Crippen LogP contribution in [0.15, 0.2) is 54.6 Å². The topological polar surface area (TPSA) is 99.9 Å². The van der Waals surface area contributed by atoms with Gasteiger partial charge in [-0.25, -0.2) is 5.09 Å². The second kappa shape index (κ2) is 12.3. The third kappa shape index (κ3) is 7.89. The Morgan fingerprint density at radius 3 is 2.31 bits per heavy atom. The molecule has 2 rings (SSSR count). The van der Waals surface area contributed by atoms with E-state index in [1.54, 1.807) is 30.8 Å². The molecule has 0 aromatic heterocycles. The highest BCUT2D eigenvalue weighted by Crippen LogP contribution is 2.38. The molecule has 29 heavy (non-hydrogen) atoms. The van der Waals surface area contributed by atoms with E-state index in [2.05, 4.69) is 5.09 Å². The molecule has 1 N–H and O–H groups in total. The first kappa shape index (κ1) is 22.9. The van der Waals surface area contributed by atoms with Crippen LogP contribution in [0.5, 0.6) is 11.5 Å². The predicted molar refractivity (Wildman–Crippen MR) is 114 cm³/mol. The highest BCUT2D eigenvalue weighted by atomic mass is 32.2. The maximum atomic E-state index is 12.3. The second-order valence-electron chi connectivity index (χ2n) is 5.72. The number of para-hydroxylation sites is 1. The average molecular weight is 438 g/mol. The summed E-state index contributed by atoms with van der Waals surface area (Å²) in [6, 6.07) is 14.1. The molecule has 0 saturated heterocycles. The van der Waals surface area contributed by atoms with E-state index in [1.807, 2.05) is 24.5 Å². The zero-order chi connectivity index (χ0) is 21.1. The second-order valence-corrected chi connectivity index (χ2v) is 7.84. The summed E-state index contributed by atoms with van der Waals surface area (Å²) >= 11 is 1.62. The molecule has 0 saturated carbocycles. The number of carbonyl (C=O) groups is 1. The van der Waals surface area contributed by atoms with Gasteiger partial charge in [-0.1, -0.05) is 18.2 Å². The lowest BCUT2D eigenvalue weighted by Gasteiger charge is -2.23. The lowest BCUT2D eigenvalue weighted by atomic mass is 10.2. The number of benzene rings is 2. The van der Waals surface area contributed by atoms with Crippen LogP contribution in [0.4, 0.5) is 5.69 Å². The molecule has 1 unspecified atom stereocenters. The third-order valence-electron chi connectivity index (χ3n) is 3.61. The lowest BCUT2D eigenvalue weighted by molar-refractivity contribution is -0.384. The van der Waals surface area contributed by atoms with Gasteiger partial charge in [0.1, 0.15) is 17.5 Å². The number of hydrogen-bond acceptors (Lipinski definition) is 8. The van der Waals surface area contributed by atoms with Crippen LogP contribution in [0.2, 0.25) is 0 Å². The maximum absolute atomic E-state index is 12.3. The number of nitro groups is 1. The van der Waals surface area contributed by atoms with Gasteiger partial charge in [0, 0.05) is 12.1 Å². The van der Waals surface area contributed by atoms with E-state index < -0.39 is 19.5 Å². The molecule has 0 amide bonds. The Morgan fingerprint density at radius 2 is 1.76 bits per heavy atom. The summed E-state index contributed by atoms with van der Waals surface area (Å²) < 4.78 is 17.0. The van der Waals surface area contributed by atoms with E-state index in [0.717, 1.165) is 5.75 Å². The molecule has 0 aliphatic carbocycles. The van der Waals surface area contributed by atoms with Crippen molar-refractivity contribution in [1.82, 2.24) is 5.09 Å². The zero-order valence-electron chi connectivity index (χ0n) is 16.1. The Morgan fingerprint density at radius 1 is 1.14 bits per heavy atom. The van der Waals surface area contributed by atoms with Gasteiger partial charge in [-0.3, -0.25) is 14.9 Å². The molecule has 8 nitrogen and oxygen atoms in total. The van der Waals surface area contributed by atoms with Crippen molar-refractivity contribution in [2.24, 2.45) is 0 Å². The number of non-ortho nitro benzene ring substituents is 1. The Hall–Kier alpha value is -2.35. The van der Waals surface area contributed by atoms with E-state index in [0.29, 0.717) is 17.9 Å². The quantitative estimate of drug-likeness (QED) is 0.223. The van der Waals surface area contributed by atoms with Crippen molar-refractivity contribution >= 4 is 31.9 Å². The van der Waals surface area contributed by atoms with Crippen LogP contribution in [0, 0.1) is 10.1 Å². The predicted octanol–water partition coefficient (Wildman–Crippen LogP) is 4.55. The molecular weight excluding hydrogens is 415 g/mol. The Balaban J connectivity index is 2.17. The Bertz CT molecular complexity index is 778. The number of esters is 1. The van der Waals surface area contributed by atoms with Crippen LogP contribution in [-0.4, -0.2) is 35.5 Å². The summed E-state index contributed by atoms with van der Waals surface area (Å²) in [6.45, 7) is 2.02. The van der Waals surface area contributed by atoms with Gasteiger partial charge in [-0.2, -0.15) is 11.8 Å². The van der Waals surface area contributed by atoms with Gasteiger partial charge in [0.25, 0.3) is 5.69 Å². The monoisotopic (exact) mass is 438 g/mol. The smallest absolute Gasteiger partial charge is 0.382 e. The number of rotatable bonds is 12. The molecular formula is C19H23N2O6PS. The molecule has 0 aliphatic heterocycles. The molecule has 2 aromatic rings. The molecule has 0 heterocycles. The van der Waals surface area contributed by atoms with Gasteiger partial charge in [0.2, 0.25) is 0 Å². The molecule has 0 aliphatic rings. The number of hydrogen-bond donors (Lipinski definition) is 1. The van der Waals surface area contributed by atoms with E-state index in [4.69, 9.17) is 13.8 Å². The SMILES string of the molecule is CCOC(=O)[C@H](CCSC)NP(Oc1ccccc1)Oc1ccc([N+](=O)[O-])cc1. The highest BCUT2D eigenvalue weighted by Gasteiger charge is 2.27. The fourth-order valence-corrected chi connectivity index (χ4v) is 3.94. The maximum Gasteiger partial charge on any atom is 0.382 e. The molecule has 156 valence electrons. The molecule has 2 atom stereocenters. The fourth-order valence-electron chi connectivity index (χ4n) is 2.21. The van der Waals surface area contributed by atoms with E-state index in [9.17, 15) is 14.9 Å². The van der Waals surface area contributed by atoms with Crippen molar-refractivity contribution in [2.45, 2.75) is 19.4 Å². The van der Waals surface area contributed by atoms with Gasteiger partial charge in [0.05, 0.1) is 11.5 Å². The molecule has 0 spiro atoms. The summed E-state index contributed by atoms with van der Waals surface area (Å²) in [7, 11) is -1.77. The highest BCUT2D eigenvalue weighted by molar-refractivity contribution is 7.98. The number of nitrogens with one attached hydrogen (secondary N) is 1. The van der Waals surface area contributed by atoms with Gasteiger partial charge in [0.15, 0.2) is 0 Å². The summed E-state index contributed by atoms with van der Waals surface area (Å²) in [5.41, 5.74) is -0.0389. The Kier molecular flexibility index (Phi) is 9.70. The molecule has 0 bridgehead atoms. The lowest BCUT2D eigenvalue weighted by Crippen LogP contribution is -2.37. The summed E-state index contributed by atoms with van der Waals surface area (Å²) in [5.74, 6) is 1.33. The van der Waals surface area contributed by atoms with Gasteiger partial charge >= 0.3 is 14.5 Å². The fraction of sp³-hybridized carbons (Fsp3) is 0.316. The standard InChI is InChI=1S/C19H23N2O6PS/c1-3-25-19(22)18(13-14-29-2)20-28(26-16-7-5-4-6-8-16)27-17-11-9-15(10-12-17)21(23)24/h4-12,18,20H,3,13-14H2,1-2H3/t18-,28?/m0/s1. The number of nitrogens with zero attached hydrogens (tertiary/aromatic N) is 1. The van der Waals surface area contributed by atoms with Crippen LogP contribution < -0.4 is 14.1 Å². The summed E-state index contributed by atoms with van der Waals surface area (Å²) in [4.78, 5) is 22.7. The number of ether oxygens (including phenoxy) is 1. The minimum Gasteiger partial charge on any atom is -0.465 e. The number of thioether (sulfide) groups is 1. The largest absolute Gasteiger partial charge is 0.465 e. The minimum atomic E-state index is -1.77. The van der Waals surface area contributed by atoms with Crippen LogP contribution in [0.25, 0.3) is 0 Å². The van der Waals surface area contributed by atoms with Crippen LogP contribution >= 0.6 is 20.3 Å². The molecule has 0 fully saturated rings. The van der Waals surface area contributed by atoms with Crippen molar-refractivity contribution < 1.29 is 23.5 Å². The van der Waals surface area contributed by atoms with E-state index in [-0.39, 0.29) is 18.3 Å². The first-order valence-electron chi connectivity index (χ1n) is 8.90. The molecule has 0 radical (unpaired) electrons. The normalized spacial score (nSPS) is 12.6. The molecule has 2 aromatic carbocycles. The summed E-state index contributed by atoms with van der Waals surface area (Å²) in [6.07, 6.45) is 2.50. The summed E-state index contributed by atoms with van der Waals surface area (Å²) in [5, 5.41) is 13.9. The number of nitro benzene ring substituents is 1. The first-order chi connectivity index (χ1) is 14.0.